The van der Waals surface area contributed by atoms with Gasteiger partial charge in [-0.3, -0.25) is 0 Å². The van der Waals surface area contributed by atoms with Gasteiger partial charge in [0.1, 0.15) is 34.6 Å². The summed E-state index contributed by atoms with van der Waals surface area (Å²) in [5.41, 5.74) is -0.399. The Balaban J connectivity index is 1.90. The number of ether oxygens (including phenoxy) is 1. The largest absolute Gasteiger partial charge is 0.432 e. The molecule has 0 fully saturated rings. The Morgan fingerprint density at radius 1 is 0.839 bits per heavy atom. The van der Waals surface area contributed by atoms with Gasteiger partial charge in [-0.1, -0.05) is 28.3 Å². The number of rotatable bonds is 7. The van der Waals surface area contributed by atoms with Crippen molar-refractivity contribution in [1.29, 1.82) is 0 Å². The summed E-state index contributed by atoms with van der Waals surface area (Å²) < 4.78 is 89.3. The Kier molecular flexibility index (Phi) is 6.80. The molecule has 0 aromatic heterocycles. The molecule has 31 heavy (non-hydrogen) atoms. The molecule has 0 amide bonds. The molecule has 3 aromatic rings. The Morgan fingerprint density at radius 3 is 1.90 bits per heavy atom. The minimum absolute atomic E-state index is 0.0426. The molecule has 3 rings (SSSR count). The first-order valence-electron chi connectivity index (χ1n) is 9.27. The van der Waals surface area contributed by atoms with Crippen LogP contribution >= 0.6 is 9.24 Å². The summed E-state index contributed by atoms with van der Waals surface area (Å²) >= 11 is 0. The van der Waals surface area contributed by atoms with E-state index >= 15 is 0 Å². The lowest BCUT2D eigenvalue weighted by atomic mass is 10.0. The average Bonchev–Trinajstić information content (AvgIpc) is 2.69. The first kappa shape index (κ1) is 22.9. The Hall–Kier alpha value is -2.73. The van der Waals surface area contributed by atoms with Crippen molar-refractivity contribution in [2.24, 2.45) is 0 Å². The van der Waals surface area contributed by atoms with Crippen molar-refractivity contribution in [3.63, 3.8) is 0 Å². The molecule has 164 valence electrons. The van der Waals surface area contributed by atoms with Crippen molar-refractivity contribution < 1.29 is 31.1 Å². The molecule has 9 heteroatoms. The highest BCUT2D eigenvalue weighted by molar-refractivity contribution is 7.27. The van der Waals surface area contributed by atoms with E-state index in [1.807, 2.05) is 6.92 Å². The average molecular weight is 457 g/mol. The van der Waals surface area contributed by atoms with Crippen molar-refractivity contribution >= 4 is 20.2 Å². The van der Waals surface area contributed by atoms with Gasteiger partial charge in [0.05, 0.1) is 0 Å². The van der Waals surface area contributed by atoms with Crippen molar-refractivity contribution in [2.45, 2.75) is 19.5 Å². The molecule has 0 heterocycles. The van der Waals surface area contributed by atoms with Gasteiger partial charge in [0.25, 0.3) is 0 Å². The maximum absolute atomic E-state index is 14.5. The fourth-order valence-electron chi connectivity index (χ4n) is 2.89. The second-order valence-corrected chi connectivity index (χ2v) is 7.32. The van der Waals surface area contributed by atoms with Gasteiger partial charge >= 0.3 is 6.11 Å². The van der Waals surface area contributed by atoms with Crippen LogP contribution in [0.15, 0.2) is 48.5 Å². The molecule has 1 N–H and O–H groups in total. The molecule has 0 aliphatic rings. The van der Waals surface area contributed by atoms with Gasteiger partial charge in [-0.2, -0.15) is 8.78 Å². The third-order valence-electron chi connectivity index (χ3n) is 4.43. The number of benzene rings is 3. The fourth-order valence-corrected chi connectivity index (χ4v) is 3.05. The molecule has 0 radical (unpaired) electrons. The zero-order chi connectivity index (χ0) is 22.8. The Labute approximate surface area is 177 Å². The number of nitrogens with one attached hydrogen (secondary N) is 1. The van der Waals surface area contributed by atoms with Gasteiger partial charge in [0, 0.05) is 29.7 Å². The van der Waals surface area contributed by atoms with Crippen LogP contribution in [-0.4, -0.2) is 6.54 Å². The summed E-state index contributed by atoms with van der Waals surface area (Å²) in [7, 11) is 1.77. The number of hydrogen-bond acceptors (Lipinski definition) is 2. The van der Waals surface area contributed by atoms with Crippen LogP contribution in [0.25, 0.3) is 11.1 Å². The maximum atomic E-state index is 14.5. The van der Waals surface area contributed by atoms with Gasteiger partial charge in [-0.05, 0) is 41.8 Å². The minimum Gasteiger partial charge on any atom is -0.429 e. The molecular formula is C22H18F6NOP. The summed E-state index contributed by atoms with van der Waals surface area (Å²) in [6.07, 6.45) is -3.60. The Morgan fingerprint density at radius 2 is 1.39 bits per heavy atom. The second kappa shape index (κ2) is 9.18. The van der Waals surface area contributed by atoms with Crippen molar-refractivity contribution in [2.75, 3.05) is 11.9 Å². The third-order valence-corrected chi connectivity index (χ3v) is 4.98. The SMILES string of the molecule is CCCNc1ccc(-c2cc(F)c(C(F)(F)Oc3cc(F)c(P)c(F)c3)c(F)c2)cc1. The molecule has 0 aliphatic heterocycles. The first-order chi connectivity index (χ1) is 14.6. The lowest BCUT2D eigenvalue weighted by molar-refractivity contribution is -0.189. The van der Waals surface area contributed by atoms with Crippen LogP contribution in [0.2, 0.25) is 0 Å². The summed E-state index contributed by atoms with van der Waals surface area (Å²) in [4.78, 5) is 0. The van der Waals surface area contributed by atoms with E-state index in [0.29, 0.717) is 17.7 Å². The number of halogens is 6. The van der Waals surface area contributed by atoms with Crippen molar-refractivity contribution in [3.8, 4) is 16.9 Å². The predicted octanol–water partition coefficient (Wildman–Crippen LogP) is 6.36. The fraction of sp³-hybridized carbons (Fsp3) is 0.182. The molecule has 2 nitrogen and oxygen atoms in total. The van der Waals surface area contributed by atoms with E-state index in [1.54, 1.807) is 33.5 Å². The van der Waals surface area contributed by atoms with E-state index in [2.05, 4.69) is 10.1 Å². The van der Waals surface area contributed by atoms with Crippen LogP contribution in [0.5, 0.6) is 5.75 Å². The van der Waals surface area contributed by atoms with E-state index in [0.717, 1.165) is 30.8 Å². The van der Waals surface area contributed by atoms with Crippen molar-refractivity contribution in [1.82, 2.24) is 0 Å². The number of hydrogen-bond donors (Lipinski definition) is 1. The van der Waals surface area contributed by atoms with Gasteiger partial charge in [0.15, 0.2) is 0 Å². The maximum Gasteiger partial charge on any atom is 0.432 e. The summed E-state index contributed by atoms with van der Waals surface area (Å²) in [6.45, 7) is 2.75. The van der Waals surface area contributed by atoms with Crippen LogP contribution in [-0.2, 0) is 6.11 Å². The normalized spacial score (nSPS) is 11.5. The highest BCUT2D eigenvalue weighted by Crippen LogP contribution is 2.37. The first-order valence-corrected chi connectivity index (χ1v) is 9.85. The lowest BCUT2D eigenvalue weighted by Gasteiger charge is -2.20. The number of anilines is 1. The molecule has 0 bridgehead atoms. The molecule has 0 saturated carbocycles. The van der Waals surface area contributed by atoms with Crippen LogP contribution in [0.4, 0.5) is 32.0 Å². The molecule has 0 aliphatic carbocycles. The lowest BCUT2D eigenvalue weighted by Crippen LogP contribution is -2.25. The quantitative estimate of drug-likeness (QED) is 0.329. The van der Waals surface area contributed by atoms with Gasteiger partial charge in [0.2, 0.25) is 0 Å². The standard InChI is InChI=1S/C22H18F6NOP/c1-2-7-29-14-5-3-12(4-6-14)13-8-16(23)20(17(24)9-13)22(27,28)30-15-10-18(25)21(31)19(26)11-15/h3-6,8-11,29H,2,7,31H2,1H3. The topological polar surface area (TPSA) is 21.3 Å². The van der Waals surface area contributed by atoms with Crippen LogP contribution in [0.1, 0.15) is 18.9 Å². The smallest absolute Gasteiger partial charge is 0.429 e. The molecule has 1 atom stereocenters. The van der Waals surface area contributed by atoms with Gasteiger partial charge < -0.3 is 10.1 Å². The molecule has 3 aromatic carbocycles. The van der Waals surface area contributed by atoms with E-state index < -0.39 is 46.0 Å². The van der Waals surface area contributed by atoms with E-state index in [-0.39, 0.29) is 5.56 Å². The molecule has 1 unspecified atom stereocenters. The predicted molar refractivity (Wildman–Crippen MR) is 111 cm³/mol. The van der Waals surface area contributed by atoms with E-state index in [1.165, 1.54) is 0 Å². The zero-order valence-corrected chi connectivity index (χ0v) is 17.4. The highest BCUT2D eigenvalue weighted by Gasteiger charge is 2.41. The second-order valence-electron chi connectivity index (χ2n) is 6.74. The number of alkyl halides is 2. The Bertz CT molecular complexity index is 1040. The van der Waals surface area contributed by atoms with Gasteiger partial charge in [-0.25, -0.2) is 17.6 Å². The summed E-state index contributed by atoms with van der Waals surface area (Å²) in [5.74, 6) is -6.36. The summed E-state index contributed by atoms with van der Waals surface area (Å²) in [6, 6.07) is 9.08. The minimum atomic E-state index is -4.51. The van der Waals surface area contributed by atoms with E-state index in [4.69, 9.17) is 0 Å². The third kappa shape index (κ3) is 5.13. The van der Waals surface area contributed by atoms with Crippen molar-refractivity contribution in [3.05, 3.63) is 77.4 Å². The highest BCUT2D eigenvalue weighted by atomic mass is 31.0. The zero-order valence-electron chi connectivity index (χ0n) is 16.3. The molecule has 0 saturated heterocycles. The van der Waals surface area contributed by atoms with Gasteiger partial charge in [-0.15, -0.1) is 0 Å². The molecule has 0 spiro atoms. The van der Waals surface area contributed by atoms with E-state index in [9.17, 15) is 26.3 Å². The monoisotopic (exact) mass is 457 g/mol. The van der Waals surface area contributed by atoms with Crippen LogP contribution in [0, 0.1) is 23.3 Å². The molecular weight excluding hydrogens is 439 g/mol. The van der Waals surface area contributed by atoms with Crippen LogP contribution < -0.4 is 15.4 Å². The summed E-state index contributed by atoms with van der Waals surface area (Å²) in [5, 5.41) is 2.66. The van der Waals surface area contributed by atoms with Crippen LogP contribution in [0.3, 0.4) is 0 Å².